The minimum atomic E-state index is 0.0128. The summed E-state index contributed by atoms with van der Waals surface area (Å²) in [6.07, 6.45) is 5.41. The summed E-state index contributed by atoms with van der Waals surface area (Å²) < 4.78 is 7.49. The number of rotatable bonds is 4. The molecule has 0 N–H and O–H groups in total. The number of likely N-dealkylation sites (tertiary alicyclic amines) is 1. The lowest BCUT2D eigenvalue weighted by Gasteiger charge is -2.21. The number of methoxy groups -OCH3 is 1. The molecule has 0 saturated carbocycles. The zero-order valence-corrected chi connectivity index (χ0v) is 17.3. The summed E-state index contributed by atoms with van der Waals surface area (Å²) in [5.41, 5.74) is 1.88. The Morgan fingerprint density at radius 1 is 1.33 bits per heavy atom. The fourth-order valence-electron chi connectivity index (χ4n) is 3.41. The summed E-state index contributed by atoms with van der Waals surface area (Å²) >= 11 is 5.15. The average molecular weight is 443 g/mol. The predicted octanol–water partition coefficient (Wildman–Crippen LogP) is 5.44. The number of hydrogen-bond acceptors (Lipinski definition) is 4. The first-order valence-electron chi connectivity index (χ1n) is 8.83. The van der Waals surface area contributed by atoms with E-state index in [4.69, 9.17) is 9.72 Å². The molecule has 4 rings (SSSR count). The number of ether oxygens (including phenoxy) is 1. The Morgan fingerprint density at radius 3 is 3.00 bits per heavy atom. The molecule has 1 atom stereocenters. The summed E-state index contributed by atoms with van der Waals surface area (Å²) in [6, 6.07) is 13.9. The summed E-state index contributed by atoms with van der Waals surface area (Å²) in [7, 11) is 1.63. The second-order valence-electron chi connectivity index (χ2n) is 6.43. The van der Waals surface area contributed by atoms with Gasteiger partial charge in [0.15, 0.2) is 0 Å². The SMILES string of the molecule is COc1ccc(Br)cc1/C=C/C(=O)N1CCCC1c1nc2ccccc2s1. The van der Waals surface area contributed by atoms with Crippen molar-refractivity contribution in [2.75, 3.05) is 13.7 Å². The molecule has 1 amide bonds. The lowest BCUT2D eigenvalue weighted by atomic mass is 10.2. The third-order valence-electron chi connectivity index (χ3n) is 4.73. The van der Waals surface area contributed by atoms with Crippen LogP contribution < -0.4 is 4.74 Å². The van der Waals surface area contributed by atoms with Gasteiger partial charge in [-0.15, -0.1) is 11.3 Å². The van der Waals surface area contributed by atoms with E-state index in [0.29, 0.717) is 0 Å². The number of carbonyl (C=O) groups excluding carboxylic acids is 1. The second-order valence-corrected chi connectivity index (χ2v) is 8.41. The third kappa shape index (κ3) is 3.77. The first kappa shape index (κ1) is 18.2. The van der Waals surface area contributed by atoms with Gasteiger partial charge in [-0.2, -0.15) is 0 Å². The first-order chi connectivity index (χ1) is 13.2. The van der Waals surface area contributed by atoms with Crippen molar-refractivity contribution in [2.45, 2.75) is 18.9 Å². The van der Waals surface area contributed by atoms with Crippen LogP contribution in [0.1, 0.15) is 29.5 Å². The Labute approximate surface area is 170 Å². The van der Waals surface area contributed by atoms with E-state index in [2.05, 4.69) is 22.0 Å². The highest BCUT2D eigenvalue weighted by atomic mass is 79.9. The fourth-order valence-corrected chi connectivity index (χ4v) is 4.91. The number of para-hydroxylation sites is 1. The normalized spacial score (nSPS) is 17.1. The summed E-state index contributed by atoms with van der Waals surface area (Å²) in [5, 5.41) is 1.02. The zero-order valence-electron chi connectivity index (χ0n) is 14.9. The van der Waals surface area contributed by atoms with Gasteiger partial charge in [-0.1, -0.05) is 28.1 Å². The number of thiazole rings is 1. The van der Waals surface area contributed by atoms with Crippen LogP contribution in [0.25, 0.3) is 16.3 Å². The maximum absolute atomic E-state index is 12.9. The molecule has 3 aromatic rings. The fraction of sp³-hybridized carbons (Fsp3) is 0.238. The number of halogens is 1. The van der Waals surface area contributed by atoms with Gasteiger partial charge >= 0.3 is 0 Å². The largest absolute Gasteiger partial charge is 0.496 e. The molecule has 1 saturated heterocycles. The minimum absolute atomic E-state index is 0.0128. The van der Waals surface area contributed by atoms with Crippen LogP contribution in [0.3, 0.4) is 0 Å². The molecule has 0 spiro atoms. The lowest BCUT2D eigenvalue weighted by Crippen LogP contribution is -2.28. The van der Waals surface area contributed by atoms with Gasteiger partial charge in [0.1, 0.15) is 10.8 Å². The van der Waals surface area contributed by atoms with Gasteiger partial charge < -0.3 is 9.64 Å². The van der Waals surface area contributed by atoms with E-state index in [0.717, 1.165) is 45.7 Å². The number of amides is 1. The molecule has 0 aliphatic carbocycles. The van der Waals surface area contributed by atoms with Gasteiger partial charge in [-0.3, -0.25) is 4.79 Å². The lowest BCUT2D eigenvalue weighted by molar-refractivity contribution is -0.126. The highest BCUT2D eigenvalue weighted by molar-refractivity contribution is 9.10. The number of nitrogens with zero attached hydrogens (tertiary/aromatic N) is 2. The van der Waals surface area contributed by atoms with Crippen molar-refractivity contribution in [1.82, 2.24) is 9.88 Å². The Hall–Kier alpha value is -2.18. The molecule has 1 unspecified atom stereocenters. The molecule has 2 aromatic carbocycles. The predicted molar refractivity (Wildman–Crippen MR) is 113 cm³/mol. The van der Waals surface area contributed by atoms with Crippen LogP contribution >= 0.6 is 27.3 Å². The van der Waals surface area contributed by atoms with Gasteiger partial charge in [-0.05, 0) is 49.2 Å². The van der Waals surface area contributed by atoms with Gasteiger partial charge in [0, 0.05) is 22.7 Å². The van der Waals surface area contributed by atoms with Crippen molar-refractivity contribution in [3.8, 4) is 5.75 Å². The van der Waals surface area contributed by atoms with Gasteiger partial charge in [0.05, 0.1) is 23.4 Å². The summed E-state index contributed by atoms with van der Waals surface area (Å²) in [5.74, 6) is 0.755. The smallest absolute Gasteiger partial charge is 0.247 e. The Morgan fingerprint density at radius 2 is 2.19 bits per heavy atom. The van der Waals surface area contributed by atoms with E-state index < -0.39 is 0 Å². The molecule has 2 heterocycles. The van der Waals surface area contributed by atoms with Crippen LogP contribution in [-0.2, 0) is 4.79 Å². The second kappa shape index (κ2) is 7.82. The molecule has 27 heavy (non-hydrogen) atoms. The Bertz CT molecular complexity index is 981. The third-order valence-corrected chi connectivity index (χ3v) is 6.36. The van der Waals surface area contributed by atoms with Crippen molar-refractivity contribution in [2.24, 2.45) is 0 Å². The van der Waals surface area contributed by atoms with Gasteiger partial charge in [0.25, 0.3) is 0 Å². The highest BCUT2D eigenvalue weighted by Gasteiger charge is 2.31. The van der Waals surface area contributed by atoms with E-state index in [9.17, 15) is 4.79 Å². The summed E-state index contributed by atoms with van der Waals surface area (Å²) in [6.45, 7) is 0.763. The molecule has 0 radical (unpaired) electrons. The van der Waals surface area contributed by atoms with Gasteiger partial charge in [-0.25, -0.2) is 4.98 Å². The maximum atomic E-state index is 12.9. The molecular formula is C21H19BrN2O2S. The van der Waals surface area contributed by atoms with E-state index in [1.807, 2.05) is 47.4 Å². The monoisotopic (exact) mass is 442 g/mol. The van der Waals surface area contributed by atoms with Crippen LogP contribution in [0.15, 0.2) is 53.0 Å². The van der Waals surface area contributed by atoms with Crippen LogP contribution in [0, 0.1) is 0 Å². The van der Waals surface area contributed by atoms with Crippen LogP contribution in [0.4, 0.5) is 0 Å². The topological polar surface area (TPSA) is 42.4 Å². The van der Waals surface area contributed by atoms with E-state index in [1.165, 1.54) is 4.70 Å². The van der Waals surface area contributed by atoms with Crippen molar-refractivity contribution in [3.63, 3.8) is 0 Å². The molecule has 1 fully saturated rings. The van der Waals surface area contributed by atoms with Crippen molar-refractivity contribution in [1.29, 1.82) is 0 Å². The number of fused-ring (bicyclic) bond motifs is 1. The highest BCUT2D eigenvalue weighted by Crippen LogP contribution is 2.36. The van der Waals surface area contributed by atoms with Crippen molar-refractivity contribution in [3.05, 3.63) is 63.6 Å². The van der Waals surface area contributed by atoms with E-state index in [-0.39, 0.29) is 11.9 Å². The minimum Gasteiger partial charge on any atom is -0.496 e. The number of carbonyl (C=O) groups is 1. The molecule has 1 aliphatic rings. The Kier molecular flexibility index (Phi) is 5.27. The number of benzene rings is 2. The molecular weight excluding hydrogens is 424 g/mol. The van der Waals surface area contributed by atoms with Gasteiger partial charge in [0.2, 0.25) is 5.91 Å². The molecule has 0 bridgehead atoms. The number of aromatic nitrogens is 1. The molecule has 4 nitrogen and oxygen atoms in total. The molecule has 6 heteroatoms. The van der Waals surface area contributed by atoms with E-state index in [1.54, 1.807) is 24.5 Å². The summed E-state index contributed by atoms with van der Waals surface area (Å²) in [4.78, 5) is 19.6. The van der Waals surface area contributed by atoms with Crippen LogP contribution in [0.5, 0.6) is 5.75 Å². The standard InChI is InChI=1S/C21H19BrN2O2S/c1-26-18-10-9-15(22)13-14(18)8-11-20(25)24-12-4-6-17(24)21-23-16-5-2-3-7-19(16)27-21/h2-3,5,7-11,13,17H,4,6,12H2,1H3/b11-8+. The number of hydrogen-bond donors (Lipinski definition) is 0. The Balaban J connectivity index is 1.56. The van der Waals surface area contributed by atoms with E-state index >= 15 is 0 Å². The first-order valence-corrected chi connectivity index (χ1v) is 10.4. The molecule has 1 aliphatic heterocycles. The zero-order chi connectivity index (χ0) is 18.8. The van der Waals surface area contributed by atoms with Crippen molar-refractivity contribution >= 4 is 49.5 Å². The van der Waals surface area contributed by atoms with Crippen LogP contribution in [0.2, 0.25) is 0 Å². The average Bonchev–Trinajstić information content (AvgIpc) is 3.32. The maximum Gasteiger partial charge on any atom is 0.247 e. The quantitative estimate of drug-likeness (QED) is 0.504. The van der Waals surface area contributed by atoms with Crippen molar-refractivity contribution < 1.29 is 9.53 Å². The van der Waals surface area contributed by atoms with Crippen LogP contribution in [-0.4, -0.2) is 29.4 Å². The molecule has 1 aromatic heterocycles. The molecule has 138 valence electrons.